The first-order valence-corrected chi connectivity index (χ1v) is 13.4. The Morgan fingerprint density at radius 1 is 1.05 bits per heavy atom. The SMILES string of the molecule is N=C(N)c1ccc(CNC(=O)c2cccc3cc(N(CC(=O)O)S(=O)(=O)c4ccc(Cl)s4)ccc23)cc1.O. The summed E-state index contributed by atoms with van der Waals surface area (Å²) in [6.07, 6.45) is 0. The molecule has 0 bridgehead atoms. The number of amidine groups is 1. The minimum atomic E-state index is -4.19. The van der Waals surface area contributed by atoms with Gasteiger partial charge in [0.25, 0.3) is 15.9 Å². The summed E-state index contributed by atoms with van der Waals surface area (Å²) in [5.41, 5.74) is 7.39. The van der Waals surface area contributed by atoms with E-state index in [1.165, 1.54) is 24.3 Å². The predicted molar refractivity (Wildman–Crippen MR) is 148 cm³/mol. The number of aliphatic carboxylic acids is 1. The van der Waals surface area contributed by atoms with E-state index in [0.717, 1.165) is 21.2 Å². The highest BCUT2D eigenvalue weighted by molar-refractivity contribution is 7.94. The molecule has 198 valence electrons. The van der Waals surface area contributed by atoms with Gasteiger partial charge in [0.1, 0.15) is 16.6 Å². The van der Waals surface area contributed by atoms with Gasteiger partial charge in [-0.25, -0.2) is 8.42 Å². The molecular weight excluding hydrogens is 552 g/mol. The number of hydrogen-bond acceptors (Lipinski definition) is 6. The van der Waals surface area contributed by atoms with Gasteiger partial charge in [0, 0.05) is 17.7 Å². The highest BCUT2D eigenvalue weighted by Gasteiger charge is 2.29. The fourth-order valence-electron chi connectivity index (χ4n) is 3.69. The third kappa shape index (κ3) is 6.11. The number of carbonyl (C=O) groups excluding carboxylic acids is 1. The molecule has 1 amide bonds. The Morgan fingerprint density at radius 3 is 2.37 bits per heavy atom. The normalized spacial score (nSPS) is 11.0. The highest BCUT2D eigenvalue weighted by atomic mass is 35.5. The first-order valence-electron chi connectivity index (χ1n) is 10.8. The molecule has 4 aromatic rings. The van der Waals surface area contributed by atoms with E-state index in [-0.39, 0.29) is 38.0 Å². The number of benzene rings is 3. The number of fused-ring (bicyclic) bond motifs is 1. The number of halogens is 1. The molecule has 4 rings (SSSR count). The Balaban J connectivity index is 0.00000400. The molecule has 0 saturated heterocycles. The molecule has 0 fully saturated rings. The van der Waals surface area contributed by atoms with E-state index in [2.05, 4.69) is 5.32 Å². The van der Waals surface area contributed by atoms with Crippen molar-refractivity contribution < 1.29 is 28.6 Å². The summed E-state index contributed by atoms with van der Waals surface area (Å²) < 4.78 is 27.4. The van der Waals surface area contributed by atoms with Crippen LogP contribution in [0.25, 0.3) is 10.8 Å². The molecule has 1 aromatic heterocycles. The zero-order chi connectivity index (χ0) is 26.7. The minimum absolute atomic E-state index is 0. The lowest BCUT2D eigenvalue weighted by Gasteiger charge is -2.22. The van der Waals surface area contributed by atoms with Crippen molar-refractivity contribution >= 4 is 67.1 Å². The van der Waals surface area contributed by atoms with Crippen LogP contribution in [0.3, 0.4) is 0 Å². The van der Waals surface area contributed by atoms with Crippen molar-refractivity contribution in [3.05, 3.63) is 93.8 Å². The van der Waals surface area contributed by atoms with Crippen LogP contribution in [0.15, 0.2) is 77.0 Å². The maximum atomic E-state index is 13.2. The van der Waals surface area contributed by atoms with Crippen molar-refractivity contribution in [2.75, 3.05) is 10.8 Å². The summed E-state index contributed by atoms with van der Waals surface area (Å²) in [7, 11) is -4.19. The lowest BCUT2D eigenvalue weighted by atomic mass is 10.0. The lowest BCUT2D eigenvalue weighted by Crippen LogP contribution is -2.35. The number of thiophene rings is 1. The van der Waals surface area contributed by atoms with Gasteiger partial charge in [-0.2, -0.15) is 0 Å². The fraction of sp³-hybridized carbons (Fsp3) is 0.0800. The maximum absolute atomic E-state index is 13.2. The van der Waals surface area contributed by atoms with Crippen molar-refractivity contribution in [1.82, 2.24) is 5.32 Å². The average Bonchev–Trinajstić information content (AvgIpc) is 3.32. The number of nitrogens with zero attached hydrogens (tertiary/aromatic N) is 1. The van der Waals surface area contributed by atoms with Gasteiger partial charge in [0.05, 0.1) is 10.0 Å². The van der Waals surface area contributed by atoms with Crippen molar-refractivity contribution in [2.45, 2.75) is 10.8 Å². The molecule has 0 spiro atoms. The summed E-state index contributed by atoms with van der Waals surface area (Å²) in [4.78, 5) is 24.5. The number of carboxylic acid groups (broad SMARTS) is 1. The Labute approximate surface area is 227 Å². The molecule has 1 heterocycles. The van der Waals surface area contributed by atoms with Gasteiger partial charge in [0.2, 0.25) is 0 Å². The minimum Gasteiger partial charge on any atom is -0.480 e. The second-order valence-electron chi connectivity index (χ2n) is 7.97. The summed E-state index contributed by atoms with van der Waals surface area (Å²) in [6, 6.07) is 19.3. The quantitative estimate of drug-likeness (QED) is 0.175. The van der Waals surface area contributed by atoms with Gasteiger partial charge >= 0.3 is 5.97 Å². The smallest absolute Gasteiger partial charge is 0.324 e. The van der Waals surface area contributed by atoms with Crippen LogP contribution in [0, 0.1) is 5.41 Å². The molecule has 0 atom stereocenters. The third-order valence-corrected chi connectivity index (χ3v) is 8.96. The molecule has 0 radical (unpaired) electrons. The van der Waals surface area contributed by atoms with Crippen LogP contribution in [0.5, 0.6) is 0 Å². The van der Waals surface area contributed by atoms with Gasteiger partial charge < -0.3 is 21.6 Å². The number of sulfonamides is 1. The Morgan fingerprint density at radius 2 is 1.76 bits per heavy atom. The van der Waals surface area contributed by atoms with Gasteiger partial charge in [-0.05, 0) is 46.7 Å². The van der Waals surface area contributed by atoms with Crippen LogP contribution in [0.2, 0.25) is 4.34 Å². The summed E-state index contributed by atoms with van der Waals surface area (Å²) in [5.74, 6) is -1.70. The summed E-state index contributed by atoms with van der Waals surface area (Å²) >= 11 is 6.73. The van der Waals surface area contributed by atoms with Crippen LogP contribution in [-0.2, 0) is 21.4 Å². The number of hydrogen-bond donors (Lipinski definition) is 4. The number of nitrogens with one attached hydrogen (secondary N) is 2. The van der Waals surface area contributed by atoms with Crippen LogP contribution in [-0.4, -0.2) is 43.3 Å². The second-order valence-corrected chi connectivity index (χ2v) is 11.8. The Kier molecular flexibility index (Phi) is 8.74. The zero-order valence-electron chi connectivity index (χ0n) is 19.6. The number of anilines is 1. The van der Waals surface area contributed by atoms with E-state index < -0.39 is 22.5 Å². The van der Waals surface area contributed by atoms with Crippen LogP contribution < -0.4 is 15.4 Å². The summed E-state index contributed by atoms with van der Waals surface area (Å²) in [6.45, 7) is -0.536. The zero-order valence-corrected chi connectivity index (χ0v) is 22.0. The second kappa shape index (κ2) is 11.6. The van der Waals surface area contributed by atoms with E-state index in [0.29, 0.717) is 21.9 Å². The molecule has 0 unspecified atom stereocenters. The topological polar surface area (TPSA) is 185 Å². The van der Waals surface area contributed by atoms with Crippen LogP contribution in [0.4, 0.5) is 5.69 Å². The largest absolute Gasteiger partial charge is 0.480 e. The van der Waals surface area contributed by atoms with Crippen molar-refractivity contribution in [3.63, 3.8) is 0 Å². The molecule has 0 saturated carbocycles. The van der Waals surface area contributed by atoms with E-state index in [1.807, 2.05) is 0 Å². The van der Waals surface area contributed by atoms with Crippen LogP contribution in [0.1, 0.15) is 21.5 Å². The number of rotatable bonds is 9. The lowest BCUT2D eigenvalue weighted by molar-refractivity contribution is -0.135. The van der Waals surface area contributed by atoms with E-state index >= 15 is 0 Å². The first kappa shape index (κ1) is 28.6. The van der Waals surface area contributed by atoms with Gasteiger partial charge in [-0.15, -0.1) is 11.3 Å². The van der Waals surface area contributed by atoms with Crippen LogP contribution >= 0.6 is 22.9 Å². The molecule has 0 aliphatic carbocycles. The number of nitrogen functional groups attached to an aromatic ring is 1. The number of carbonyl (C=O) groups is 2. The van der Waals surface area contributed by atoms with E-state index in [1.54, 1.807) is 48.5 Å². The number of carboxylic acids is 1. The third-order valence-electron chi connectivity index (χ3n) is 5.49. The molecule has 13 heteroatoms. The number of amides is 1. The maximum Gasteiger partial charge on any atom is 0.324 e. The average molecular weight is 575 g/mol. The van der Waals surface area contributed by atoms with E-state index in [9.17, 15) is 23.1 Å². The molecule has 38 heavy (non-hydrogen) atoms. The predicted octanol–water partition coefficient (Wildman–Crippen LogP) is 3.22. The fourth-order valence-corrected chi connectivity index (χ4v) is 6.69. The molecule has 7 N–H and O–H groups in total. The molecule has 3 aromatic carbocycles. The first-order chi connectivity index (χ1) is 17.6. The Hall–Kier alpha value is -3.97. The highest BCUT2D eigenvalue weighted by Crippen LogP contribution is 2.32. The Bertz CT molecular complexity index is 1620. The number of nitrogens with two attached hydrogens (primary N) is 1. The van der Waals surface area contributed by atoms with Crippen molar-refractivity contribution in [2.24, 2.45) is 5.73 Å². The van der Waals surface area contributed by atoms with Crippen molar-refractivity contribution in [3.8, 4) is 0 Å². The standard InChI is InChI=1S/C25H21ClN4O5S2.H2O/c26-21-10-11-23(36-21)37(34,35)30(14-22(31)32)18-8-9-19-17(12-18)2-1-3-20(19)25(33)29-13-15-4-6-16(7-5-15)24(27)28;/h1-12H,13-14H2,(H3,27,28)(H,29,33)(H,31,32);1H2. The monoisotopic (exact) mass is 574 g/mol. The van der Waals surface area contributed by atoms with Gasteiger partial charge in [-0.3, -0.25) is 19.3 Å². The molecule has 0 aliphatic rings. The van der Waals surface area contributed by atoms with Gasteiger partial charge in [-0.1, -0.05) is 54.1 Å². The molecular formula is C25H23ClN4O6S2. The van der Waals surface area contributed by atoms with Gasteiger partial charge in [0.15, 0.2) is 0 Å². The summed E-state index contributed by atoms with van der Waals surface area (Å²) in [5, 5.41) is 20.8. The molecule has 10 nitrogen and oxygen atoms in total. The van der Waals surface area contributed by atoms with E-state index in [4.69, 9.17) is 22.7 Å². The molecule has 0 aliphatic heterocycles. The van der Waals surface area contributed by atoms with Crippen molar-refractivity contribution in [1.29, 1.82) is 5.41 Å².